The molecule has 0 unspecified atom stereocenters. The molecule has 0 spiro atoms. The van der Waals surface area contributed by atoms with Crippen molar-refractivity contribution in [1.29, 1.82) is 0 Å². The summed E-state index contributed by atoms with van der Waals surface area (Å²) in [5, 5.41) is 19.7. The second kappa shape index (κ2) is 5.21. The number of amidine groups is 1. The zero-order chi connectivity index (χ0) is 15.8. The summed E-state index contributed by atoms with van der Waals surface area (Å²) in [5.41, 5.74) is 9.14. The zero-order valence-electron chi connectivity index (χ0n) is 11.1. The van der Waals surface area contributed by atoms with Crippen molar-refractivity contribution in [2.24, 2.45) is 22.4 Å². The van der Waals surface area contributed by atoms with E-state index in [1.54, 1.807) is 0 Å². The highest BCUT2D eigenvalue weighted by Crippen LogP contribution is 2.38. The summed E-state index contributed by atoms with van der Waals surface area (Å²) in [4.78, 5) is 17.0. The van der Waals surface area contributed by atoms with E-state index in [2.05, 4.69) is 17.5 Å². The largest absolute Gasteiger partial charge is 0.392 e. The highest BCUT2D eigenvalue weighted by Gasteiger charge is 2.57. The van der Waals surface area contributed by atoms with Crippen LogP contribution in [-0.4, -0.2) is 51.4 Å². The molecular weight excluding hydrogens is 276 g/mol. The van der Waals surface area contributed by atoms with E-state index in [0.29, 0.717) is 0 Å². The third kappa shape index (κ3) is 2.27. The molecule has 8 nitrogen and oxygen atoms in total. The van der Waals surface area contributed by atoms with E-state index < -0.39 is 36.4 Å². The number of amides is 1. The van der Waals surface area contributed by atoms with Gasteiger partial charge in [0.2, 0.25) is 5.91 Å². The minimum absolute atomic E-state index is 0.198. The van der Waals surface area contributed by atoms with Gasteiger partial charge in [-0.1, -0.05) is 12.5 Å². The summed E-state index contributed by atoms with van der Waals surface area (Å²) in [6.45, 7) is 3.02. The molecule has 6 N–H and O–H groups in total. The molecule has 1 saturated heterocycles. The first-order valence-corrected chi connectivity index (χ1v) is 6.09. The Bertz CT molecular complexity index is 579. The highest BCUT2D eigenvalue weighted by molar-refractivity contribution is 5.92. The zero-order valence-corrected chi connectivity index (χ0v) is 11.1. The number of aliphatic imine (C=N–C) groups is 1. The van der Waals surface area contributed by atoms with Crippen LogP contribution in [0.3, 0.4) is 0 Å². The van der Waals surface area contributed by atoms with Gasteiger partial charge >= 0.3 is 0 Å². The Hall–Kier alpha value is -2.34. The van der Waals surface area contributed by atoms with Gasteiger partial charge in [-0.25, -0.2) is 4.99 Å². The summed E-state index contributed by atoms with van der Waals surface area (Å²) in [5.74, 6) is 0.633. The number of ether oxygens (including phenoxy) is 1. The van der Waals surface area contributed by atoms with Gasteiger partial charge in [0.25, 0.3) is 0 Å². The maximum Gasteiger partial charge on any atom is 0.227 e. The first kappa shape index (κ1) is 15.1. The minimum atomic E-state index is -1.72. The van der Waals surface area contributed by atoms with Crippen LogP contribution in [0.2, 0.25) is 0 Å². The Labute approximate surface area is 121 Å². The van der Waals surface area contributed by atoms with Gasteiger partial charge in [-0.3, -0.25) is 4.79 Å². The van der Waals surface area contributed by atoms with Crippen molar-refractivity contribution < 1.29 is 19.7 Å². The van der Waals surface area contributed by atoms with Crippen LogP contribution in [0.4, 0.5) is 0 Å². The van der Waals surface area contributed by atoms with Gasteiger partial charge in [0.1, 0.15) is 23.7 Å². The first-order valence-electron chi connectivity index (χ1n) is 6.09. The van der Waals surface area contributed by atoms with Crippen LogP contribution in [0.1, 0.15) is 0 Å². The molecule has 4 atom stereocenters. The van der Waals surface area contributed by atoms with Gasteiger partial charge in [0.15, 0.2) is 11.8 Å². The first-order chi connectivity index (χ1) is 9.86. The van der Waals surface area contributed by atoms with Crippen LogP contribution >= 0.6 is 0 Å². The Kier molecular flexibility index (Phi) is 3.74. The molecule has 2 rings (SSSR count). The molecule has 8 heteroatoms. The molecular formula is C13H16N4O4. The Balaban J connectivity index is 2.39. The lowest BCUT2D eigenvalue weighted by Gasteiger charge is -2.31. The number of carbonyl (C=O) groups excluding carboxylic acids is 1. The van der Waals surface area contributed by atoms with Crippen LogP contribution in [0.15, 0.2) is 29.7 Å². The number of nitrogens with two attached hydrogens (primary N) is 2. The van der Waals surface area contributed by atoms with Crippen molar-refractivity contribution >= 4 is 11.7 Å². The van der Waals surface area contributed by atoms with Crippen LogP contribution in [0.5, 0.6) is 0 Å². The number of carbonyl (C=O) groups is 1. The second-order valence-electron chi connectivity index (χ2n) is 4.75. The topological polar surface area (TPSA) is 134 Å². The number of hydrogen-bond donors (Lipinski definition) is 4. The summed E-state index contributed by atoms with van der Waals surface area (Å²) < 4.78 is 5.55. The molecule has 1 fully saturated rings. The molecule has 112 valence electrons. The third-order valence-electron chi connectivity index (χ3n) is 3.50. The Morgan fingerprint density at radius 2 is 2.38 bits per heavy atom. The summed E-state index contributed by atoms with van der Waals surface area (Å²) >= 11 is 0. The number of primary amides is 1. The van der Waals surface area contributed by atoms with Crippen LogP contribution in [0, 0.1) is 18.3 Å². The fourth-order valence-corrected chi connectivity index (χ4v) is 2.34. The highest BCUT2D eigenvalue weighted by atomic mass is 16.6. The number of terminal acetylenes is 1. The molecule has 0 saturated carbocycles. The molecule has 0 aliphatic carbocycles. The molecule has 0 aromatic carbocycles. The number of rotatable bonds is 3. The maximum atomic E-state index is 11.6. The van der Waals surface area contributed by atoms with E-state index in [1.807, 2.05) is 0 Å². The standard InChI is InChI=1S/C13H16N4O4/c1-3-13(6-18)10(19)9(11(15)20)12(21-13)17-5-4-8(14)16-7(17)2/h1,4-5,9-10,12,18-19H,2,6H2,(H2,14,16)(H2,15,20)/t9-,10+,12-,13-/m1/s1. The number of nitrogens with zero attached hydrogens (tertiary/aromatic N) is 2. The normalized spacial score (nSPS) is 35.5. The maximum absolute atomic E-state index is 11.6. The van der Waals surface area contributed by atoms with Crippen molar-refractivity contribution in [3.05, 3.63) is 24.7 Å². The fraction of sp³-hybridized carbons (Fsp3) is 0.385. The monoisotopic (exact) mass is 292 g/mol. The fourth-order valence-electron chi connectivity index (χ4n) is 2.34. The Morgan fingerprint density at radius 3 is 2.86 bits per heavy atom. The van der Waals surface area contributed by atoms with Gasteiger partial charge in [0, 0.05) is 6.20 Å². The SMILES string of the molecule is C#C[C@]1(CO)O[C@@H](N2C=CC(N)=NC2=C)[C@@H](C(N)=O)[C@@H]1O. The molecule has 0 radical (unpaired) electrons. The third-order valence-corrected chi connectivity index (χ3v) is 3.50. The molecule has 2 aliphatic rings. The summed E-state index contributed by atoms with van der Waals surface area (Å²) in [6, 6.07) is 0. The summed E-state index contributed by atoms with van der Waals surface area (Å²) in [6.07, 6.45) is 5.79. The molecule has 0 aromatic rings. The average molecular weight is 292 g/mol. The minimum Gasteiger partial charge on any atom is -0.392 e. The van der Waals surface area contributed by atoms with E-state index in [4.69, 9.17) is 22.6 Å². The van der Waals surface area contributed by atoms with Gasteiger partial charge in [-0.05, 0) is 6.08 Å². The lowest BCUT2D eigenvalue weighted by atomic mass is 9.90. The van der Waals surface area contributed by atoms with Gasteiger partial charge < -0.3 is 31.3 Å². The van der Waals surface area contributed by atoms with Crippen molar-refractivity contribution in [2.45, 2.75) is 17.9 Å². The quantitative estimate of drug-likeness (QED) is 0.437. The molecule has 1 amide bonds. The molecule has 21 heavy (non-hydrogen) atoms. The predicted octanol–water partition coefficient (Wildman–Crippen LogP) is -2.17. The van der Waals surface area contributed by atoms with Gasteiger partial charge in [0.05, 0.1) is 6.61 Å². The van der Waals surface area contributed by atoms with Crippen molar-refractivity contribution in [3.8, 4) is 12.3 Å². The van der Waals surface area contributed by atoms with E-state index in [0.717, 1.165) is 0 Å². The van der Waals surface area contributed by atoms with Crippen molar-refractivity contribution in [1.82, 2.24) is 4.90 Å². The average Bonchev–Trinajstić information content (AvgIpc) is 2.72. The summed E-state index contributed by atoms with van der Waals surface area (Å²) in [7, 11) is 0. The van der Waals surface area contributed by atoms with Crippen LogP contribution < -0.4 is 11.5 Å². The van der Waals surface area contributed by atoms with Crippen molar-refractivity contribution in [3.63, 3.8) is 0 Å². The molecule has 0 bridgehead atoms. The molecule has 2 aliphatic heterocycles. The van der Waals surface area contributed by atoms with Gasteiger partial charge in [-0.15, -0.1) is 6.42 Å². The number of aliphatic hydroxyl groups is 2. The van der Waals surface area contributed by atoms with Crippen LogP contribution in [-0.2, 0) is 9.53 Å². The van der Waals surface area contributed by atoms with E-state index in [-0.39, 0.29) is 11.7 Å². The second-order valence-corrected chi connectivity index (χ2v) is 4.75. The smallest absolute Gasteiger partial charge is 0.227 e. The molecule has 2 heterocycles. The lowest BCUT2D eigenvalue weighted by molar-refractivity contribution is -0.128. The number of hydrogen-bond acceptors (Lipinski definition) is 7. The van der Waals surface area contributed by atoms with Crippen molar-refractivity contribution in [2.75, 3.05) is 6.61 Å². The van der Waals surface area contributed by atoms with E-state index in [1.165, 1.54) is 17.2 Å². The van der Waals surface area contributed by atoms with Crippen LogP contribution in [0.25, 0.3) is 0 Å². The van der Waals surface area contributed by atoms with E-state index >= 15 is 0 Å². The predicted molar refractivity (Wildman–Crippen MR) is 74.0 cm³/mol. The number of aliphatic hydroxyl groups excluding tert-OH is 2. The van der Waals surface area contributed by atoms with Gasteiger partial charge in [-0.2, -0.15) is 0 Å². The lowest BCUT2D eigenvalue weighted by Crippen LogP contribution is -2.47. The Morgan fingerprint density at radius 1 is 1.71 bits per heavy atom. The van der Waals surface area contributed by atoms with E-state index in [9.17, 15) is 15.0 Å². The molecule has 0 aromatic heterocycles.